The lowest BCUT2D eigenvalue weighted by Crippen LogP contribution is -2.44. The zero-order valence-corrected chi connectivity index (χ0v) is 12.8. The molecule has 0 radical (unpaired) electrons. The van der Waals surface area contributed by atoms with Gasteiger partial charge in [0.2, 0.25) is 11.8 Å². The second-order valence-electron chi connectivity index (χ2n) is 5.74. The van der Waals surface area contributed by atoms with E-state index in [1.807, 2.05) is 0 Å². The summed E-state index contributed by atoms with van der Waals surface area (Å²) in [7, 11) is 0. The molecular weight excluding hydrogens is 300 g/mol. The fourth-order valence-corrected chi connectivity index (χ4v) is 2.86. The topological polar surface area (TPSA) is 93.7 Å². The monoisotopic (exact) mass is 320 g/mol. The first-order chi connectivity index (χ1) is 11.2. The molecule has 1 aliphatic heterocycles. The highest BCUT2D eigenvalue weighted by molar-refractivity contribution is 5.82. The third-order valence-electron chi connectivity index (χ3n) is 4.05. The molecule has 8 nitrogen and oxygen atoms in total. The summed E-state index contributed by atoms with van der Waals surface area (Å²) in [6, 6.07) is 0.128. The minimum Gasteiger partial charge on any atom is -0.473 e. The van der Waals surface area contributed by atoms with Gasteiger partial charge in [0.25, 0.3) is 0 Å². The summed E-state index contributed by atoms with van der Waals surface area (Å²) in [6.45, 7) is 0.900. The van der Waals surface area contributed by atoms with Gasteiger partial charge in [-0.1, -0.05) is 0 Å². The van der Waals surface area contributed by atoms with E-state index in [0.717, 1.165) is 25.7 Å². The molecule has 0 aromatic carbocycles. The molecule has 1 N–H and O–H groups in total. The maximum atomic E-state index is 12.0. The highest BCUT2D eigenvalue weighted by Crippen LogP contribution is 2.22. The summed E-state index contributed by atoms with van der Waals surface area (Å²) in [5.41, 5.74) is 0. The van der Waals surface area contributed by atoms with E-state index in [0.29, 0.717) is 19.0 Å². The van der Waals surface area contributed by atoms with Crippen molar-refractivity contribution in [2.45, 2.75) is 37.8 Å². The van der Waals surface area contributed by atoms with Gasteiger partial charge in [0.15, 0.2) is 0 Å². The average molecular weight is 320 g/mol. The average Bonchev–Trinajstić information content (AvgIpc) is 2.95. The van der Waals surface area contributed by atoms with Crippen molar-refractivity contribution in [3.63, 3.8) is 0 Å². The molecular formula is C15H20N4O4. The predicted octanol–water partition coefficient (Wildman–Crippen LogP) is 0.735. The Bertz CT molecular complexity index is 546. The van der Waals surface area contributed by atoms with Crippen molar-refractivity contribution in [1.29, 1.82) is 0 Å². The maximum absolute atomic E-state index is 12.0. The molecule has 1 aromatic heterocycles. The third kappa shape index (κ3) is 4.30. The Hall–Kier alpha value is -2.38. The number of rotatable bonds is 5. The number of nitrogens with one attached hydrogen (secondary N) is 1. The number of nitrogens with zero attached hydrogens (tertiary/aromatic N) is 3. The highest BCUT2D eigenvalue weighted by atomic mass is 16.6. The smallest absolute Gasteiger partial charge is 0.410 e. The van der Waals surface area contributed by atoms with Crippen LogP contribution < -0.4 is 10.1 Å². The van der Waals surface area contributed by atoms with Gasteiger partial charge in [-0.05, 0) is 25.7 Å². The maximum Gasteiger partial charge on any atom is 0.410 e. The number of carbonyl (C=O) groups excluding carboxylic acids is 2. The molecule has 2 aliphatic rings. The van der Waals surface area contributed by atoms with Crippen molar-refractivity contribution in [3.8, 4) is 5.88 Å². The number of carbonyl (C=O) groups is 2. The first-order valence-electron chi connectivity index (χ1n) is 7.84. The van der Waals surface area contributed by atoms with Crippen LogP contribution >= 0.6 is 0 Å². The Morgan fingerprint density at radius 3 is 2.83 bits per heavy atom. The van der Waals surface area contributed by atoms with Crippen molar-refractivity contribution in [2.75, 3.05) is 19.7 Å². The van der Waals surface area contributed by atoms with E-state index < -0.39 is 6.09 Å². The minimum absolute atomic E-state index is 0.0644. The molecule has 2 fully saturated rings. The van der Waals surface area contributed by atoms with Gasteiger partial charge < -0.3 is 14.8 Å². The lowest BCUT2D eigenvalue weighted by atomic mass is 9.93. The zero-order valence-electron chi connectivity index (χ0n) is 12.8. The van der Waals surface area contributed by atoms with Crippen LogP contribution in [0.25, 0.3) is 0 Å². The van der Waals surface area contributed by atoms with Crippen molar-refractivity contribution < 1.29 is 19.1 Å². The number of aromatic nitrogens is 2. The van der Waals surface area contributed by atoms with Crippen molar-refractivity contribution in [2.24, 2.45) is 0 Å². The molecule has 23 heavy (non-hydrogen) atoms. The lowest BCUT2D eigenvalue weighted by Gasteiger charge is -2.29. The first kappa shape index (κ1) is 15.5. The molecule has 124 valence electrons. The minimum atomic E-state index is -0.416. The summed E-state index contributed by atoms with van der Waals surface area (Å²) in [5.74, 6) is 0.398. The van der Waals surface area contributed by atoms with Gasteiger partial charge >= 0.3 is 6.09 Å². The van der Waals surface area contributed by atoms with Crippen molar-refractivity contribution in [3.05, 3.63) is 18.6 Å². The fourth-order valence-electron chi connectivity index (χ4n) is 2.86. The summed E-state index contributed by atoms with van der Waals surface area (Å²) in [4.78, 5) is 32.8. The van der Waals surface area contributed by atoms with E-state index in [2.05, 4.69) is 15.3 Å². The molecule has 1 saturated carbocycles. The third-order valence-corrected chi connectivity index (χ3v) is 4.05. The van der Waals surface area contributed by atoms with E-state index >= 15 is 0 Å². The van der Waals surface area contributed by atoms with E-state index in [1.165, 1.54) is 4.90 Å². The fraction of sp³-hybridized carbons (Fsp3) is 0.600. The molecule has 1 saturated heterocycles. The van der Waals surface area contributed by atoms with Gasteiger partial charge in [-0.3, -0.25) is 14.7 Å². The summed E-state index contributed by atoms with van der Waals surface area (Å²) in [6.07, 6.45) is 7.90. The molecule has 0 spiro atoms. The second kappa shape index (κ2) is 7.26. The van der Waals surface area contributed by atoms with Crippen LogP contribution in [-0.2, 0) is 9.53 Å². The lowest BCUT2D eigenvalue weighted by molar-refractivity contribution is -0.122. The van der Waals surface area contributed by atoms with Gasteiger partial charge in [-0.15, -0.1) is 0 Å². The first-order valence-corrected chi connectivity index (χ1v) is 7.84. The molecule has 1 aliphatic carbocycles. The van der Waals surface area contributed by atoms with Crippen LogP contribution in [0.15, 0.2) is 18.6 Å². The highest BCUT2D eigenvalue weighted by Gasteiger charge is 2.27. The number of hydrogen-bond donors (Lipinski definition) is 1. The van der Waals surface area contributed by atoms with Gasteiger partial charge in [0, 0.05) is 18.4 Å². The van der Waals surface area contributed by atoms with Gasteiger partial charge in [-0.2, -0.15) is 0 Å². The molecule has 0 bridgehead atoms. The number of cyclic esters (lactones) is 1. The molecule has 0 atom stereocenters. The van der Waals surface area contributed by atoms with Gasteiger partial charge in [0.1, 0.15) is 19.3 Å². The van der Waals surface area contributed by atoms with Crippen LogP contribution in [-0.4, -0.2) is 58.7 Å². The molecule has 2 amide bonds. The molecule has 8 heteroatoms. The van der Waals surface area contributed by atoms with E-state index in [9.17, 15) is 9.59 Å². The molecule has 1 aromatic rings. The van der Waals surface area contributed by atoms with Crippen LogP contribution in [0.1, 0.15) is 25.7 Å². The summed E-state index contributed by atoms with van der Waals surface area (Å²) < 4.78 is 10.6. The zero-order chi connectivity index (χ0) is 16.1. The van der Waals surface area contributed by atoms with Crippen LogP contribution in [0.2, 0.25) is 0 Å². The van der Waals surface area contributed by atoms with Gasteiger partial charge in [0.05, 0.1) is 12.7 Å². The van der Waals surface area contributed by atoms with Crippen LogP contribution in [0.4, 0.5) is 4.79 Å². The van der Waals surface area contributed by atoms with E-state index in [-0.39, 0.29) is 24.6 Å². The Morgan fingerprint density at radius 2 is 2.17 bits per heavy atom. The number of hydrogen-bond acceptors (Lipinski definition) is 6. The molecule has 3 rings (SSSR count). The SMILES string of the molecule is O=C(CN1CCOC1=O)NC1CCC(Oc2cnccn2)CC1. The van der Waals surface area contributed by atoms with Crippen molar-refractivity contribution >= 4 is 12.0 Å². The Morgan fingerprint density at radius 1 is 1.35 bits per heavy atom. The van der Waals surface area contributed by atoms with Crippen molar-refractivity contribution in [1.82, 2.24) is 20.2 Å². The second-order valence-corrected chi connectivity index (χ2v) is 5.74. The Labute approximate surface area is 134 Å². The summed E-state index contributed by atoms with van der Waals surface area (Å²) >= 11 is 0. The van der Waals surface area contributed by atoms with Gasteiger partial charge in [-0.25, -0.2) is 9.78 Å². The van der Waals surface area contributed by atoms with E-state index in [4.69, 9.17) is 9.47 Å². The van der Waals surface area contributed by atoms with Crippen LogP contribution in [0, 0.1) is 0 Å². The van der Waals surface area contributed by atoms with E-state index in [1.54, 1.807) is 18.6 Å². The largest absolute Gasteiger partial charge is 0.473 e. The Balaban J connectivity index is 1.39. The number of amides is 2. The standard InChI is InChI=1S/C15H20N4O4/c20-13(10-19-7-8-22-15(19)21)18-11-1-3-12(4-2-11)23-14-9-16-5-6-17-14/h5-6,9,11-12H,1-4,7-8,10H2,(H,18,20). The summed E-state index contributed by atoms with van der Waals surface area (Å²) in [5, 5.41) is 2.98. The molecule has 0 unspecified atom stereocenters. The molecule has 2 heterocycles. The quantitative estimate of drug-likeness (QED) is 0.860. The predicted molar refractivity (Wildman–Crippen MR) is 79.8 cm³/mol. The van der Waals surface area contributed by atoms with Crippen LogP contribution in [0.5, 0.6) is 5.88 Å². The normalized spacial score (nSPS) is 24.2. The number of ether oxygens (including phenoxy) is 2. The Kier molecular flexibility index (Phi) is 4.89. The van der Waals surface area contributed by atoms with Crippen LogP contribution in [0.3, 0.4) is 0 Å².